The lowest BCUT2D eigenvalue weighted by Crippen LogP contribution is -2.27. The number of pyridine rings is 1. The lowest BCUT2D eigenvalue weighted by atomic mass is 9.84. The zero-order chi connectivity index (χ0) is 11.8. The number of rotatable bonds is 1. The van der Waals surface area contributed by atoms with E-state index in [1.54, 1.807) is 0 Å². The third-order valence-electron chi connectivity index (χ3n) is 3.95. The first-order valence-electron chi connectivity index (χ1n) is 6.30. The van der Waals surface area contributed by atoms with Crippen molar-refractivity contribution in [3.05, 3.63) is 34.1 Å². The molecule has 2 unspecified atom stereocenters. The summed E-state index contributed by atoms with van der Waals surface area (Å²) in [7, 11) is 0. The van der Waals surface area contributed by atoms with Crippen molar-refractivity contribution in [3.8, 4) is 0 Å². The molecule has 0 amide bonds. The summed E-state index contributed by atoms with van der Waals surface area (Å²) in [5, 5.41) is 3.58. The highest BCUT2D eigenvalue weighted by molar-refractivity contribution is 9.10. The first-order chi connectivity index (χ1) is 8.24. The molecule has 2 atom stereocenters. The Hall–Kier alpha value is -0.670. The second-order valence-electron chi connectivity index (χ2n) is 5.09. The van der Waals surface area contributed by atoms with E-state index in [2.05, 4.69) is 45.3 Å². The Morgan fingerprint density at radius 2 is 2.29 bits per heavy atom. The molecule has 3 heteroatoms. The maximum absolute atomic E-state index is 4.39. The van der Waals surface area contributed by atoms with Crippen LogP contribution in [0, 0.1) is 12.8 Å². The molecule has 1 N–H and O–H groups in total. The number of halogens is 1. The number of allylic oxidation sites excluding steroid dienone is 1. The molecule has 0 bridgehead atoms. The average molecular weight is 293 g/mol. The third kappa shape index (κ3) is 2.18. The molecular weight excluding hydrogens is 276 g/mol. The number of hydrogen-bond donors (Lipinski definition) is 1. The molecule has 2 nitrogen and oxygen atoms in total. The van der Waals surface area contributed by atoms with Crippen LogP contribution in [0.3, 0.4) is 0 Å². The van der Waals surface area contributed by atoms with E-state index in [1.807, 2.05) is 6.20 Å². The Kier molecular flexibility index (Phi) is 3.05. The predicted molar refractivity (Wildman–Crippen MR) is 73.8 cm³/mol. The van der Waals surface area contributed by atoms with Crippen molar-refractivity contribution in [3.63, 3.8) is 0 Å². The molecule has 0 spiro atoms. The molecule has 0 aromatic carbocycles. The van der Waals surface area contributed by atoms with Gasteiger partial charge < -0.3 is 5.32 Å². The van der Waals surface area contributed by atoms with Crippen molar-refractivity contribution in [2.45, 2.75) is 32.2 Å². The van der Waals surface area contributed by atoms with Gasteiger partial charge in [-0.15, -0.1) is 0 Å². The lowest BCUT2D eigenvalue weighted by Gasteiger charge is -2.24. The van der Waals surface area contributed by atoms with Crippen molar-refractivity contribution < 1.29 is 0 Å². The van der Waals surface area contributed by atoms with E-state index < -0.39 is 0 Å². The Balaban J connectivity index is 1.91. The Bertz CT molecular complexity index is 467. The fraction of sp³-hybridized carbons (Fsp3) is 0.500. The first-order valence-corrected chi connectivity index (χ1v) is 7.10. The van der Waals surface area contributed by atoms with Gasteiger partial charge in [-0.05, 0) is 77.3 Å². The number of aromatic nitrogens is 1. The summed E-state index contributed by atoms with van der Waals surface area (Å²) < 4.78 is 0.953. The number of nitrogens with one attached hydrogen (secondary N) is 1. The summed E-state index contributed by atoms with van der Waals surface area (Å²) >= 11 is 3.46. The van der Waals surface area contributed by atoms with E-state index in [-0.39, 0.29) is 0 Å². The van der Waals surface area contributed by atoms with Gasteiger partial charge in [-0.3, -0.25) is 0 Å². The van der Waals surface area contributed by atoms with Crippen LogP contribution in [-0.2, 0) is 0 Å². The smallest absolute Gasteiger partial charge is 0.109 e. The summed E-state index contributed by atoms with van der Waals surface area (Å²) in [4.78, 5) is 4.39. The van der Waals surface area contributed by atoms with E-state index >= 15 is 0 Å². The van der Waals surface area contributed by atoms with E-state index in [4.69, 9.17) is 0 Å². The van der Waals surface area contributed by atoms with Gasteiger partial charge in [0.15, 0.2) is 0 Å². The lowest BCUT2D eigenvalue weighted by molar-refractivity contribution is 0.465. The second kappa shape index (κ2) is 4.54. The van der Waals surface area contributed by atoms with Crippen LogP contribution in [0.15, 0.2) is 22.9 Å². The van der Waals surface area contributed by atoms with E-state index in [0.29, 0.717) is 6.04 Å². The summed E-state index contributed by atoms with van der Waals surface area (Å²) in [6.45, 7) is 3.28. The van der Waals surface area contributed by atoms with Crippen LogP contribution in [-0.4, -0.2) is 17.6 Å². The fourth-order valence-electron chi connectivity index (χ4n) is 2.92. The highest BCUT2D eigenvalue weighted by Crippen LogP contribution is 2.34. The molecule has 1 aromatic heterocycles. The van der Waals surface area contributed by atoms with Gasteiger partial charge in [0.25, 0.3) is 0 Å². The molecule has 1 aromatic rings. The van der Waals surface area contributed by atoms with Crippen molar-refractivity contribution in [1.82, 2.24) is 10.3 Å². The van der Waals surface area contributed by atoms with Crippen molar-refractivity contribution >= 4 is 21.5 Å². The molecule has 0 radical (unpaired) electrons. The van der Waals surface area contributed by atoms with Crippen LogP contribution in [0.5, 0.6) is 0 Å². The molecule has 0 saturated carbocycles. The van der Waals surface area contributed by atoms with Crippen LogP contribution >= 0.6 is 15.9 Å². The van der Waals surface area contributed by atoms with Gasteiger partial charge in [-0.25, -0.2) is 4.98 Å². The van der Waals surface area contributed by atoms with E-state index in [0.717, 1.165) is 10.5 Å². The summed E-state index contributed by atoms with van der Waals surface area (Å²) in [5.74, 6) is 0.864. The van der Waals surface area contributed by atoms with Crippen LogP contribution < -0.4 is 5.32 Å². The number of hydrogen-bond acceptors (Lipinski definition) is 2. The summed E-state index contributed by atoms with van der Waals surface area (Å²) in [6.07, 6.45) is 8.26. The third-order valence-corrected chi connectivity index (χ3v) is 4.78. The molecule has 1 fully saturated rings. The minimum absolute atomic E-state index is 0.600. The van der Waals surface area contributed by atoms with Crippen LogP contribution in [0.1, 0.15) is 30.4 Å². The number of nitrogens with zero attached hydrogens (tertiary/aromatic N) is 1. The molecular formula is C14H17BrN2. The maximum atomic E-state index is 4.39. The number of fused-ring (bicyclic) bond motifs is 1. The molecule has 2 heterocycles. The summed E-state index contributed by atoms with van der Waals surface area (Å²) in [6, 6.07) is 2.83. The zero-order valence-corrected chi connectivity index (χ0v) is 11.6. The predicted octanol–water partition coefficient (Wildman–Crippen LogP) is 3.31. The van der Waals surface area contributed by atoms with Gasteiger partial charge in [0.1, 0.15) is 4.60 Å². The van der Waals surface area contributed by atoms with Gasteiger partial charge >= 0.3 is 0 Å². The van der Waals surface area contributed by atoms with Crippen molar-refractivity contribution in [2.24, 2.45) is 5.92 Å². The van der Waals surface area contributed by atoms with Crippen LogP contribution in [0.4, 0.5) is 0 Å². The standard InChI is InChI=1S/C14H17BrN2/c1-9-6-12(8-17-14(9)15)11-3-2-10-4-5-16-13(10)7-11/h6-8,10,13,16H,2-5H2,1H3. The molecule has 3 rings (SSSR count). The number of aryl methyl sites for hydroxylation is 1. The molecule has 1 saturated heterocycles. The summed E-state index contributed by atoms with van der Waals surface area (Å²) in [5.41, 5.74) is 3.96. The fourth-order valence-corrected chi connectivity index (χ4v) is 3.13. The van der Waals surface area contributed by atoms with E-state index in [1.165, 1.54) is 42.5 Å². The SMILES string of the molecule is Cc1cc(C2=CC3NCCC3CC2)cnc1Br. The van der Waals surface area contributed by atoms with Crippen LogP contribution in [0.2, 0.25) is 0 Å². The minimum atomic E-state index is 0.600. The van der Waals surface area contributed by atoms with Gasteiger partial charge in [0.2, 0.25) is 0 Å². The average Bonchev–Trinajstić information content (AvgIpc) is 2.79. The van der Waals surface area contributed by atoms with Gasteiger partial charge in [0.05, 0.1) is 0 Å². The topological polar surface area (TPSA) is 24.9 Å². The Morgan fingerprint density at radius 3 is 3.12 bits per heavy atom. The first kappa shape index (κ1) is 11.4. The monoisotopic (exact) mass is 292 g/mol. The van der Waals surface area contributed by atoms with Gasteiger partial charge in [0, 0.05) is 12.2 Å². The largest absolute Gasteiger partial charge is 0.310 e. The van der Waals surface area contributed by atoms with Crippen molar-refractivity contribution in [2.75, 3.05) is 6.54 Å². The Morgan fingerprint density at radius 1 is 1.41 bits per heavy atom. The molecule has 1 aliphatic carbocycles. The molecule has 1 aliphatic heterocycles. The van der Waals surface area contributed by atoms with Crippen LogP contribution in [0.25, 0.3) is 5.57 Å². The molecule has 17 heavy (non-hydrogen) atoms. The van der Waals surface area contributed by atoms with Gasteiger partial charge in [-0.1, -0.05) is 6.08 Å². The molecule has 2 aliphatic rings. The highest BCUT2D eigenvalue weighted by atomic mass is 79.9. The van der Waals surface area contributed by atoms with E-state index in [9.17, 15) is 0 Å². The van der Waals surface area contributed by atoms with Crippen molar-refractivity contribution in [1.29, 1.82) is 0 Å². The normalized spacial score (nSPS) is 27.8. The second-order valence-corrected chi connectivity index (χ2v) is 5.84. The van der Waals surface area contributed by atoms with Gasteiger partial charge in [-0.2, -0.15) is 0 Å². The zero-order valence-electron chi connectivity index (χ0n) is 10.0. The molecule has 90 valence electrons. The quantitative estimate of drug-likeness (QED) is 0.804. The minimum Gasteiger partial charge on any atom is -0.310 e. The maximum Gasteiger partial charge on any atom is 0.109 e. The highest BCUT2D eigenvalue weighted by Gasteiger charge is 2.28. The Labute approximate surface area is 111 Å².